The van der Waals surface area contributed by atoms with Crippen LogP contribution in [0.3, 0.4) is 0 Å². The second-order valence-corrected chi connectivity index (χ2v) is 5.37. The van der Waals surface area contributed by atoms with Crippen molar-refractivity contribution in [2.24, 2.45) is 0 Å². The molecule has 0 aliphatic rings. The number of nitrogens with one attached hydrogen (secondary N) is 1. The van der Waals surface area contributed by atoms with E-state index < -0.39 is 0 Å². The minimum Gasteiger partial charge on any atom is -0.376 e. The Kier molecular flexibility index (Phi) is 3.55. The zero-order valence-corrected chi connectivity index (χ0v) is 12.9. The third-order valence-corrected chi connectivity index (χ3v) is 3.60. The molecule has 5 nitrogen and oxygen atoms in total. The number of rotatable bonds is 3. The lowest BCUT2D eigenvalue weighted by Crippen LogP contribution is -2.12. The van der Waals surface area contributed by atoms with Crippen LogP contribution in [-0.2, 0) is 0 Å². The molecular weight excluding hydrogens is 276 g/mol. The Hall–Kier alpha value is -2.82. The fraction of sp³-hybridized carbons (Fsp3) is 0.176. The van der Waals surface area contributed by atoms with Gasteiger partial charge in [-0.15, -0.1) is 0 Å². The molecule has 2 heterocycles. The number of imidazole rings is 1. The molecule has 112 valence electrons. The lowest BCUT2D eigenvalue weighted by atomic mass is 10.3. The predicted molar refractivity (Wildman–Crippen MR) is 88.7 cm³/mol. The first kappa shape index (κ1) is 14.1. The Balaban J connectivity index is 1.95. The molecule has 1 aromatic carbocycles. The van der Waals surface area contributed by atoms with Gasteiger partial charge in [-0.25, -0.2) is 4.98 Å². The van der Waals surface area contributed by atoms with Crippen molar-refractivity contribution in [1.29, 1.82) is 0 Å². The quantitative estimate of drug-likeness (QED) is 0.808. The molecule has 0 atom stereocenters. The first-order valence-electron chi connectivity index (χ1n) is 7.08. The van der Waals surface area contributed by atoms with Crippen LogP contribution in [0, 0.1) is 6.92 Å². The van der Waals surface area contributed by atoms with Gasteiger partial charge >= 0.3 is 0 Å². The molecule has 1 N–H and O–H groups in total. The Morgan fingerprint density at radius 2 is 1.86 bits per heavy atom. The van der Waals surface area contributed by atoms with Crippen LogP contribution in [0.2, 0.25) is 0 Å². The molecule has 0 aliphatic heterocycles. The molecule has 0 unspecified atom stereocenters. The highest BCUT2D eigenvalue weighted by molar-refractivity contribution is 6.03. The highest BCUT2D eigenvalue weighted by Gasteiger charge is 2.13. The van der Waals surface area contributed by atoms with E-state index in [0.717, 1.165) is 22.7 Å². The van der Waals surface area contributed by atoms with E-state index in [-0.39, 0.29) is 5.91 Å². The monoisotopic (exact) mass is 294 g/mol. The Morgan fingerprint density at radius 1 is 1.14 bits per heavy atom. The topological polar surface area (TPSA) is 49.6 Å². The smallest absolute Gasteiger partial charge is 0.275 e. The number of benzene rings is 1. The van der Waals surface area contributed by atoms with Gasteiger partial charge in [0.15, 0.2) is 0 Å². The highest BCUT2D eigenvalue weighted by atomic mass is 16.1. The molecule has 0 radical (unpaired) electrons. The number of amides is 1. The largest absolute Gasteiger partial charge is 0.376 e. The maximum absolute atomic E-state index is 12.3. The van der Waals surface area contributed by atoms with Crippen molar-refractivity contribution in [2.75, 3.05) is 24.3 Å². The van der Waals surface area contributed by atoms with Crippen LogP contribution in [-0.4, -0.2) is 29.4 Å². The minimum atomic E-state index is -0.208. The van der Waals surface area contributed by atoms with Gasteiger partial charge in [-0.05, 0) is 31.2 Å². The number of nitrogens with zero attached hydrogens (tertiary/aromatic N) is 3. The summed E-state index contributed by atoms with van der Waals surface area (Å²) in [6.45, 7) is 2.02. The number of aromatic nitrogens is 2. The van der Waals surface area contributed by atoms with Gasteiger partial charge in [0.2, 0.25) is 0 Å². The van der Waals surface area contributed by atoms with E-state index in [9.17, 15) is 4.79 Å². The van der Waals surface area contributed by atoms with E-state index in [1.807, 2.05) is 72.8 Å². The van der Waals surface area contributed by atoms with Crippen molar-refractivity contribution >= 4 is 22.9 Å². The van der Waals surface area contributed by atoms with Crippen LogP contribution in [0.4, 0.5) is 11.4 Å². The summed E-state index contributed by atoms with van der Waals surface area (Å²) < 4.78 is 1.94. The van der Waals surface area contributed by atoms with Gasteiger partial charge in [0.25, 0.3) is 5.91 Å². The summed E-state index contributed by atoms with van der Waals surface area (Å²) in [5.41, 5.74) is 4.08. The lowest BCUT2D eigenvalue weighted by molar-refractivity contribution is 0.102. The predicted octanol–water partition coefficient (Wildman–Crippen LogP) is 2.96. The second-order valence-electron chi connectivity index (χ2n) is 5.37. The number of aryl methyl sites for hydroxylation is 1. The number of fused-ring (bicyclic) bond motifs is 1. The number of para-hydroxylation sites is 1. The van der Waals surface area contributed by atoms with Crippen molar-refractivity contribution in [3.63, 3.8) is 0 Å². The maximum atomic E-state index is 12.3. The Bertz CT molecular complexity index is 821. The fourth-order valence-corrected chi connectivity index (χ4v) is 2.48. The lowest BCUT2D eigenvalue weighted by Gasteiger charge is -2.16. The summed E-state index contributed by atoms with van der Waals surface area (Å²) >= 11 is 0. The number of pyridine rings is 1. The number of carbonyl (C=O) groups is 1. The molecule has 0 bridgehead atoms. The van der Waals surface area contributed by atoms with Gasteiger partial charge < -0.3 is 14.6 Å². The van der Waals surface area contributed by atoms with E-state index in [2.05, 4.69) is 10.3 Å². The molecule has 0 saturated heterocycles. The standard InChI is InChI=1S/C17H18N4O/c1-12-15(20(2)3)9-10-16-19-14(11-21(12)16)17(22)18-13-7-5-4-6-8-13/h4-11H,1-3H3,(H,18,22). The molecule has 5 heteroatoms. The SMILES string of the molecule is Cc1c(N(C)C)ccc2nc(C(=O)Nc3ccccc3)cn12. The summed E-state index contributed by atoms with van der Waals surface area (Å²) in [5.74, 6) is -0.208. The van der Waals surface area contributed by atoms with Crippen LogP contribution in [0.1, 0.15) is 16.2 Å². The van der Waals surface area contributed by atoms with Crippen LogP contribution in [0.5, 0.6) is 0 Å². The average Bonchev–Trinajstić information content (AvgIpc) is 2.93. The summed E-state index contributed by atoms with van der Waals surface area (Å²) in [6.07, 6.45) is 1.77. The van der Waals surface area contributed by atoms with E-state index >= 15 is 0 Å². The maximum Gasteiger partial charge on any atom is 0.275 e. The third kappa shape index (κ3) is 2.53. The van der Waals surface area contributed by atoms with Gasteiger partial charge in [0.05, 0.1) is 5.69 Å². The molecule has 1 amide bonds. The second kappa shape index (κ2) is 5.52. The highest BCUT2D eigenvalue weighted by Crippen LogP contribution is 2.20. The van der Waals surface area contributed by atoms with Crippen LogP contribution in [0.15, 0.2) is 48.7 Å². The average molecular weight is 294 g/mol. The summed E-state index contributed by atoms with van der Waals surface area (Å²) in [7, 11) is 3.99. The summed E-state index contributed by atoms with van der Waals surface area (Å²) in [5, 5.41) is 2.85. The Morgan fingerprint density at radius 3 is 2.55 bits per heavy atom. The van der Waals surface area contributed by atoms with Gasteiger partial charge in [0, 0.05) is 31.7 Å². The molecule has 0 fully saturated rings. The summed E-state index contributed by atoms with van der Waals surface area (Å²) in [6, 6.07) is 13.3. The third-order valence-electron chi connectivity index (χ3n) is 3.60. The van der Waals surface area contributed by atoms with Gasteiger partial charge in [-0.1, -0.05) is 18.2 Å². The number of hydrogen-bond acceptors (Lipinski definition) is 3. The molecule has 0 spiro atoms. The first-order chi connectivity index (χ1) is 10.6. The van der Waals surface area contributed by atoms with Crippen molar-refractivity contribution < 1.29 is 4.79 Å². The summed E-state index contributed by atoms with van der Waals surface area (Å²) in [4.78, 5) is 18.8. The van der Waals surface area contributed by atoms with E-state index in [1.54, 1.807) is 6.20 Å². The number of anilines is 2. The molecule has 0 aliphatic carbocycles. The zero-order chi connectivity index (χ0) is 15.7. The van der Waals surface area contributed by atoms with Crippen LogP contribution < -0.4 is 10.2 Å². The molecule has 0 saturated carbocycles. The number of hydrogen-bond donors (Lipinski definition) is 1. The minimum absolute atomic E-state index is 0.208. The number of carbonyl (C=O) groups excluding carboxylic acids is 1. The molecular formula is C17H18N4O. The van der Waals surface area contributed by atoms with Crippen LogP contribution in [0.25, 0.3) is 5.65 Å². The molecule has 2 aromatic heterocycles. The van der Waals surface area contributed by atoms with Gasteiger partial charge in [-0.2, -0.15) is 0 Å². The van der Waals surface area contributed by atoms with Crippen LogP contribution >= 0.6 is 0 Å². The van der Waals surface area contributed by atoms with Crippen molar-refractivity contribution in [1.82, 2.24) is 9.38 Å². The fourth-order valence-electron chi connectivity index (χ4n) is 2.48. The first-order valence-corrected chi connectivity index (χ1v) is 7.08. The van der Waals surface area contributed by atoms with E-state index in [4.69, 9.17) is 0 Å². The van der Waals surface area contributed by atoms with Crippen molar-refractivity contribution in [3.05, 3.63) is 60.0 Å². The van der Waals surface area contributed by atoms with Gasteiger partial charge in [-0.3, -0.25) is 4.79 Å². The van der Waals surface area contributed by atoms with E-state index in [1.165, 1.54) is 0 Å². The molecule has 3 aromatic rings. The molecule has 3 rings (SSSR count). The molecule has 22 heavy (non-hydrogen) atoms. The van der Waals surface area contributed by atoms with Gasteiger partial charge in [0.1, 0.15) is 11.3 Å². The normalized spacial score (nSPS) is 10.7. The van der Waals surface area contributed by atoms with Crippen molar-refractivity contribution in [3.8, 4) is 0 Å². The van der Waals surface area contributed by atoms with Crippen molar-refractivity contribution in [2.45, 2.75) is 6.92 Å². The Labute approximate surface area is 129 Å². The van der Waals surface area contributed by atoms with E-state index in [0.29, 0.717) is 5.69 Å². The zero-order valence-electron chi connectivity index (χ0n) is 12.9.